The first kappa shape index (κ1) is 17.7. The van der Waals surface area contributed by atoms with Gasteiger partial charge in [0, 0.05) is 31.6 Å². The molecule has 0 bridgehead atoms. The van der Waals surface area contributed by atoms with E-state index in [1.165, 1.54) is 36.2 Å². The molecule has 2 heterocycles. The number of imidazole rings is 1. The molecule has 1 aliphatic rings. The third-order valence-corrected chi connectivity index (χ3v) is 5.10. The summed E-state index contributed by atoms with van der Waals surface area (Å²) in [5.41, 5.74) is 4.11. The Labute approximate surface area is 157 Å². The molecular formula is C20H24FN5O. The van der Waals surface area contributed by atoms with E-state index < -0.39 is 0 Å². The van der Waals surface area contributed by atoms with Gasteiger partial charge in [-0.05, 0) is 55.9 Å². The molecule has 1 amide bonds. The molecule has 142 valence electrons. The molecule has 6 nitrogen and oxygen atoms in total. The Kier molecular flexibility index (Phi) is 5.18. The number of hydrogen-bond acceptors (Lipinski definition) is 3. The number of amides is 1. The Balaban J connectivity index is 1.20. The van der Waals surface area contributed by atoms with Crippen LogP contribution in [-0.4, -0.2) is 32.2 Å². The first-order chi connectivity index (χ1) is 13.2. The summed E-state index contributed by atoms with van der Waals surface area (Å²) in [6, 6.07) is 4.52. The zero-order valence-corrected chi connectivity index (χ0v) is 15.3. The van der Waals surface area contributed by atoms with E-state index in [2.05, 4.69) is 20.4 Å². The summed E-state index contributed by atoms with van der Waals surface area (Å²) in [6.07, 6.45) is 8.51. The molecule has 2 aromatic heterocycles. The van der Waals surface area contributed by atoms with Crippen molar-refractivity contribution in [3.8, 4) is 0 Å². The molecule has 3 aromatic rings. The van der Waals surface area contributed by atoms with E-state index in [0.717, 1.165) is 30.6 Å². The first-order valence-electron chi connectivity index (χ1n) is 9.63. The quantitative estimate of drug-likeness (QED) is 0.629. The minimum atomic E-state index is -0.275. The van der Waals surface area contributed by atoms with Crippen molar-refractivity contribution in [1.82, 2.24) is 25.1 Å². The van der Waals surface area contributed by atoms with Crippen molar-refractivity contribution in [2.45, 2.75) is 51.5 Å². The molecule has 27 heavy (non-hydrogen) atoms. The average Bonchev–Trinajstić information content (AvgIpc) is 3.26. The molecule has 2 N–H and O–H groups in total. The van der Waals surface area contributed by atoms with Gasteiger partial charge in [0.1, 0.15) is 11.6 Å². The number of nitrogens with zero attached hydrogens (tertiary/aromatic N) is 3. The number of aryl methyl sites for hydroxylation is 3. The maximum Gasteiger partial charge on any atom is 0.221 e. The Morgan fingerprint density at radius 1 is 1.30 bits per heavy atom. The van der Waals surface area contributed by atoms with E-state index in [1.54, 1.807) is 6.07 Å². The third-order valence-electron chi connectivity index (χ3n) is 5.10. The summed E-state index contributed by atoms with van der Waals surface area (Å²) in [5, 5.41) is 7.39. The minimum Gasteiger partial charge on any atom is -0.356 e. The number of carbonyl (C=O) groups is 1. The Bertz CT molecular complexity index is 945. The fourth-order valence-electron chi connectivity index (χ4n) is 3.68. The third kappa shape index (κ3) is 4.18. The van der Waals surface area contributed by atoms with Gasteiger partial charge in [0.05, 0.1) is 17.2 Å². The van der Waals surface area contributed by atoms with Gasteiger partial charge >= 0.3 is 0 Å². The summed E-state index contributed by atoms with van der Waals surface area (Å²) < 4.78 is 15.2. The van der Waals surface area contributed by atoms with Crippen molar-refractivity contribution < 1.29 is 9.18 Å². The standard InChI is InChI=1S/C20H24FN5O/c21-15-7-8-16-17(12-15)25-19(24-16)6-3-10-22-20(27)9-11-26-18-5-2-1-4-14(18)13-23-26/h7-8,12-13H,1-6,9-11H2,(H,22,27)(H,24,25). The van der Waals surface area contributed by atoms with E-state index in [1.807, 2.05) is 10.9 Å². The molecule has 0 aliphatic heterocycles. The van der Waals surface area contributed by atoms with Gasteiger partial charge in [0.25, 0.3) is 0 Å². The fraction of sp³-hybridized carbons (Fsp3) is 0.450. The largest absolute Gasteiger partial charge is 0.356 e. The number of aromatic nitrogens is 4. The number of rotatable bonds is 7. The molecule has 1 aliphatic carbocycles. The molecule has 0 atom stereocenters. The van der Waals surface area contributed by atoms with Crippen LogP contribution in [0.25, 0.3) is 11.0 Å². The van der Waals surface area contributed by atoms with E-state index >= 15 is 0 Å². The van der Waals surface area contributed by atoms with Gasteiger partial charge < -0.3 is 10.3 Å². The number of fused-ring (bicyclic) bond motifs is 2. The van der Waals surface area contributed by atoms with Gasteiger partial charge in [0.15, 0.2) is 0 Å². The van der Waals surface area contributed by atoms with E-state index in [-0.39, 0.29) is 11.7 Å². The van der Waals surface area contributed by atoms with Crippen molar-refractivity contribution >= 4 is 16.9 Å². The summed E-state index contributed by atoms with van der Waals surface area (Å²) >= 11 is 0. The lowest BCUT2D eigenvalue weighted by Gasteiger charge is -2.13. The first-order valence-corrected chi connectivity index (χ1v) is 9.63. The monoisotopic (exact) mass is 369 g/mol. The summed E-state index contributed by atoms with van der Waals surface area (Å²) in [7, 11) is 0. The molecule has 4 rings (SSSR count). The average molecular weight is 369 g/mol. The number of hydrogen-bond donors (Lipinski definition) is 2. The Morgan fingerprint density at radius 2 is 2.19 bits per heavy atom. The molecule has 0 unspecified atom stereocenters. The number of carbonyl (C=O) groups excluding carboxylic acids is 1. The fourth-order valence-corrected chi connectivity index (χ4v) is 3.68. The van der Waals surface area contributed by atoms with Crippen LogP contribution in [0.2, 0.25) is 0 Å². The van der Waals surface area contributed by atoms with Crippen molar-refractivity contribution in [2.24, 2.45) is 0 Å². The lowest BCUT2D eigenvalue weighted by Crippen LogP contribution is -2.26. The number of halogens is 1. The molecule has 0 saturated carbocycles. The van der Waals surface area contributed by atoms with Crippen molar-refractivity contribution in [3.63, 3.8) is 0 Å². The molecule has 7 heteroatoms. The van der Waals surface area contributed by atoms with Gasteiger partial charge in [-0.1, -0.05) is 0 Å². The van der Waals surface area contributed by atoms with Gasteiger partial charge in [-0.25, -0.2) is 9.37 Å². The van der Waals surface area contributed by atoms with Crippen molar-refractivity contribution in [3.05, 3.63) is 47.3 Å². The number of nitrogens with one attached hydrogen (secondary N) is 2. The van der Waals surface area contributed by atoms with Crippen LogP contribution in [0.5, 0.6) is 0 Å². The summed E-state index contributed by atoms with van der Waals surface area (Å²) in [5.74, 6) is 0.582. The maximum absolute atomic E-state index is 13.2. The van der Waals surface area contributed by atoms with Crippen LogP contribution in [0.3, 0.4) is 0 Å². The summed E-state index contributed by atoms with van der Waals surface area (Å²) in [6.45, 7) is 1.23. The van der Waals surface area contributed by atoms with E-state index in [9.17, 15) is 9.18 Å². The Hall–Kier alpha value is -2.70. The molecule has 0 saturated heterocycles. The van der Waals surface area contributed by atoms with Crippen LogP contribution >= 0.6 is 0 Å². The van der Waals surface area contributed by atoms with Crippen LogP contribution in [-0.2, 0) is 30.6 Å². The maximum atomic E-state index is 13.2. The molecule has 0 fully saturated rings. The number of H-pyrrole nitrogens is 1. The van der Waals surface area contributed by atoms with Gasteiger partial charge in [-0.15, -0.1) is 0 Å². The van der Waals surface area contributed by atoms with Crippen molar-refractivity contribution in [1.29, 1.82) is 0 Å². The second-order valence-electron chi connectivity index (χ2n) is 7.10. The van der Waals surface area contributed by atoms with Crippen LogP contribution in [0, 0.1) is 5.82 Å². The Morgan fingerprint density at radius 3 is 3.11 bits per heavy atom. The van der Waals surface area contributed by atoms with Crippen LogP contribution < -0.4 is 5.32 Å². The van der Waals surface area contributed by atoms with E-state index in [0.29, 0.717) is 31.4 Å². The normalized spacial score (nSPS) is 13.7. The minimum absolute atomic E-state index is 0.0433. The molecule has 1 aromatic carbocycles. The number of benzene rings is 1. The zero-order chi connectivity index (χ0) is 18.6. The molecule has 0 spiro atoms. The van der Waals surface area contributed by atoms with E-state index in [4.69, 9.17) is 0 Å². The number of aromatic amines is 1. The van der Waals surface area contributed by atoms with Crippen LogP contribution in [0.4, 0.5) is 4.39 Å². The second-order valence-corrected chi connectivity index (χ2v) is 7.10. The highest BCUT2D eigenvalue weighted by molar-refractivity contribution is 5.76. The molecule has 0 radical (unpaired) electrons. The highest BCUT2D eigenvalue weighted by Crippen LogP contribution is 2.20. The van der Waals surface area contributed by atoms with Gasteiger partial charge in [-0.2, -0.15) is 5.10 Å². The van der Waals surface area contributed by atoms with Gasteiger partial charge in [-0.3, -0.25) is 9.48 Å². The SMILES string of the molecule is O=C(CCn1ncc2c1CCCC2)NCCCc1nc2ccc(F)cc2[nH]1. The predicted molar refractivity (Wildman–Crippen MR) is 101 cm³/mol. The lowest BCUT2D eigenvalue weighted by molar-refractivity contribution is -0.121. The second kappa shape index (κ2) is 7.90. The zero-order valence-electron chi connectivity index (χ0n) is 15.3. The summed E-state index contributed by atoms with van der Waals surface area (Å²) in [4.78, 5) is 19.6. The van der Waals surface area contributed by atoms with Crippen LogP contribution in [0.1, 0.15) is 42.8 Å². The van der Waals surface area contributed by atoms with Gasteiger partial charge in [0.2, 0.25) is 5.91 Å². The van der Waals surface area contributed by atoms with Crippen LogP contribution in [0.15, 0.2) is 24.4 Å². The topological polar surface area (TPSA) is 75.6 Å². The smallest absolute Gasteiger partial charge is 0.221 e. The molecular weight excluding hydrogens is 345 g/mol. The predicted octanol–water partition coefficient (Wildman–Crippen LogP) is 2.92. The highest BCUT2D eigenvalue weighted by atomic mass is 19.1. The highest BCUT2D eigenvalue weighted by Gasteiger charge is 2.15. The lowest BCUT2D eigenvalue weighted by atomic mass is 9.98. The van der Waals surface area contributed by atoms with Crippen molar-refractivity contribution in [2.75, 3.05) is 6.54 Å².